The summed E-state index contributed by atoms with van der Waals surface area (Å²) in [6.07, 6.45) is 0.472. The van der Waals surface area contributed by atoms with Crippen molar-refractivity contribution in [1.29, 1.82) is 0 Å². The molecule has 1 unspecified atom stereocenters. The highest BCUT2D eigenvalue weighted by atomic mass is 79.9. The average molecular weight is 266 g/mol. The molecule has 14 heavy (non-hydrogen) atoms. The summed E-state index contributed by atoms with van der Waals surface area (Å²) in [4.78, 5) is 23.3. The van der Waals surface area contributed by atoms with Crippen LogP contribution in [0.4, 0.5) is 0 Å². The minimum atomic E-state index is -0.303. The molecule has 82 valence electrons. The molecular weight excluding hydrogens is 250 g/mol. The standard InChI is InChI=1S/C9H16BrNO3/c1-4-8(12)11(3)5-6-14-9(13)7(2)10/h7H,4-6H2,1-3H3. The molecule has 1 atom stereocenters. The predicted molar refractivity (Wildman–Crippen MR) is 57.3 cm³/mol. The summed E-state index contributed by atoms with van der Waals surface area (Å²) < 4.78 is 4.89. The first-order valence-corrected chi connectivity index (χ1v) is 5.45. The number of hydrogen-bond acceptors (Lipinski definition) is 3. The zero-order valence-corrected chi connectivity index (χ0v) is 10.3. The van der Waals surface area contributed by atoms with Gasteiger partial charge < -0.3 is 9.64 Å². The summed E-state index contributed by atoms with van der Waals surface area (Å²) >= 11 is 3.09. The van der Waals surface area contributed by atoms with Gasteiger partial charge >= 0.3 is 5.97 Å². The van der Waals surface area contributed by atoms with Gasteiger partial charge in [0.2, 0.25) is 5.91 Å². The number of ether oxygens (including phenoxy) is 1. The number of carbonyl (C=O) groups excluding carboxylic acids is 2. The second-order valence-electron chi connectivity index (χ2n) is 2.95. The molecule has 0 bridgehead atoms. The van der Waals surface area contributed by atoms with Crippen molar-refractivity contribution >= 4 is 27.8 Å². The van der Waals surface area contributed by atoms with Crippen molar-refractivity contribution < 1.29 is 14.3 Å². The number of halogens is 1. The molecule has 0 heterocycles. The molecule has 4 nitrogen and oxygen atoms in total. The van der Waals surface area contributed by atoms with E-state index in [9.17, 15) is 9.59 Å². The Hall–Kier alpha value is -0.580. The van der Waals surface area contributed by atoms with E-state index in [1.54, 1.807) is 25.8 Å². The molecule has 0 saturated heterocycles. The quantitative estimate of drug-likeness (QED) is 0.554. The van der Waals surface area contributed by atoms with Crippen molar-refractivity contribution in [3.63, 3.8) is 0 Å². The van der Waals surface area contributed by atoms with Crippen LogP contribution in [0.2, 0.25) is 0 Å². The Bertz CT molecular complexity index is 206. The minimum Gasteiger partial charge on any atom is -0.463 e. The van der Waals surface area contributed by atoms with Crippen molar-refractivity contribution in [1.82, 2.24) is 4.90 Å². The first-order chi connectivity index (χ1) is 6.49. The average Bonchev–Trinajstić information content (AvgIpc) is 2.15. The maximum Gasteiger partial charge on any atom is 0.319 e. The van der Waals surface area contributed by atoms with E-state index >= 15 is 0 Å². The van der Waals surface area contributed by atoms with Crippen LogP contribution >= 0.6 is 15.9 Å². The largest absolute Gasteiger partial charge is 0.463 e. The molecule has 0 aliphatic carbocycles. The highest BCUT2D eigenvalue weighted by Crippen LogP contribution is 2.00. The Morgan fingerprint density at radius 1 is 1.50 bits per heavy atom. The number of nitrogens with zero attached hydrogens (tertiary/aromatic N) is 1. The predicted octanol–water partition coefficient (Wildman–Crippen LogP) is 1.18. The zero-order valence-electron chi connectivity index (χ0n) is 8.75. The Balaban J connectivity index is 3.64. The van der Waals surface area contributed by atoms with Gasteiger partial charge in [-0.05, 0) is 6.92 Å². The van der Waals surface area contributed by atoms with Crippen LogP contribution in [0.3, 0.4) is 0 Å². The lowest BCUT2D eigenvalue weighted by Crippen LogP contribution is -2.30. The van der Waals surface area contributed by atoms with Gasteiger partial charge in [-0.25, -0.2) is 0 Å². The van der Waals surface area contributed by atoms with Crippen molar-refractivity contribution in [2.75, 3.05) is 20.2 Å². The van der Waals surface area contributed by atoms with Gasteiger partial charge in [-0.15, -0.1) is 0 Å². The van der Waals surface area contributed by atoms with Gasteiger partial charge in [0, 0.05) is 13.5 Å². The number of likely N-dealkylation sites (N-methyl/N-ethyl adjacent to an activating group) is 1. The summed E-state index contributed by atoms with van der Waals surface area (Å²) in [5, 5.41) is 0. The molecule has 0 aromatic rings. The molecule has 1 amide bonds. The normalized spacial score (nSPS) is 12.0. The van der Waals surface area contributed by atoms with Crippen molar-refractivity contribution in [3.8, 4) is 0 Å². The van der Waals surface area contributed by atoms with E-state index in [1.807, 2.05) is 0 Å². The maximum absolute atomic E-state index is 11.1. The third-order valence-electron chi connectivity index (χ3n) is 1.72. The van der Waals surface area contributed by atoms with Crippen LogP contribution in [-0.2, 0) is 14.3 Å². The van der Waals surface area contributed by atoms with Gasteiger partial charge in [-0.2, -0.15) is 0 Å². The lowest BCUT2D eigenvalue weighted by molar-refractivity contribution is -0.144. The highest BCUT2D eigenvalue weighted by molar-refractivity contribution is 9.10. The van der Waals surface area contributed by atoms with Crippen LogP contribution in [-0.4, -0.2) is 41.8 Å². The third-order valence-corrected chi connectivity index (χ3v) is 2.10. The van der Waals surface area contributed by atoms with Gasteiger partial charge in [0.15, 0.2) is 0 Å². The number of esters is 1. The molecule has 5 heteroatoms. The van der Waals surface area contributed by atoms with E-state index < -0.39 is 0 Å². The van der Waals surface area contributed by atoms with Gasteiger partial charge in [-0.3, -0.25) is 9.59 Å². The molecule has 0 spiro atoms. The third kappa shape index (κ3) is 5.21. The molecule has 0 saturated carbocycles. The van der Waals surface area contributed by atoms with Gasteiger partial charge in [0.25, 0.3) is 0 Å². The topological polar surface area (TPSA) is 46.6 Å². The lowest BCUT2D eigenvalue weighted by Gasteiger charge is -2.16. The van der Waals surface area contributed by atoms with E-state index in [0.29, 0.717) is 13.0 Å². The number of amides is 1. The van der Waals surface area contributed by atoms with E-state index in [0.717, 1.165) is 0 Å². The van der Waals surface area contributed by atoms with E-state index in [2.05, 4.69) is 15.9 Å². The fourth-order valence-corrected chi connectivity index (χ4v) is 0.925. The molecule has 0 aliphatic rings. The van der Waals surface area contributed by atoms with Gasteiger partial charge in [0.05, 0.1) is 6.54 Å². The van der Waals surface area contributed by atoms with E-state index in [1.165, 1.54) is 0 Å². The number of hydrogen-bond donors (Lipinski definition) is 0. The van der Waals surface area contributed by atoms with Crippen molar-refractivity contribution in [3.05, 3.63) is 0 Å². The molecule has 0 radical (unpaired) electrons. The molecule has 0 N–H and O–H groups in total. The Morgan fingerprint density at radius 3 is 2.50 bits per heavy atom. The van der Waals surface area contributed by atoms with Crippen LogP contribution in [0, 0.1) is 0 Å². The molecule has 0 aromatic carbocycles. The zero-order chi connectivity index (χ0) is 11.1. The second-order valence-corrected chi connectivity index (χ2v) is 4.33. The lowest BCUT2D eigenvalue weighted by atomic mass is 10.4. The Labute approximate surface area is 92.7 Å². The smallest absolute Gasteiger partial charge is 0.319 e. The first-order valence-electron chi connectivity index (χ1n) is 4.53. The van der Waals surface area contributed by atoms with Crippen LogP contribution in [0.25, 0.3) is 0 Å². The van der Waals surface area contributed by atoms with Gasteiger partial charge in [-0.1, -0.05) is 22.9 Å². The first kappa shape index (κ1) is 13.4. The minimum absolute atomic E-state index is 0.0490. The van der Waals surface area contributed by atoms with Crippen molar-refractivity contribution in [2.45, 2.75) is 25.1 Å². The molecule has 0 aromatic heterocycles. The maximum atomic E-state index is 11.1. The van der Waals surface area contributed by atoms with Crippen molar-refractivity contribution in [2.24, 2.45) is 0 Å². The number of rotatable bonds is 5. The van der Waals surface area contributed by atoms with E-state index in [-0.39, 0.29) is 23.3 Å². The summed E-state index contributed by atoms with van der Waals surface area (Å²) in [7, 11) is 1.69. The fourth-order valence-electron chi connectivity index (χ4n) is 0.793. The van der Waals surface area contributed by atoms with Gasteiger partial charge in [0.1, 0.15) is 11.4 Å². The molecular formula is C9H16BrNO3. The Morgan fingerprint density at radius 2 is 2.07 bits per heavy atom. The summed E-state index contributed by atoms with van der Waals surface area (Å²) in [5.41, 5.74) is 0. The SMILES string of the molecule is CCC(=O)N(C)CCOC(=O)C(C)Br. The molecule has 0 aliphatic heterocycles. The van der Waals surface area contributed by atoms with Crippen LogP contribution in [0.15, 0.2) is 0 Å². The monoisotopic (exact) mass is 265 g/mol. The molecule has 0 fully saturated rings. The van der Waals surface area contributed by atoms with Crippen LogP contribution < -0.4 is 0 Å². The number of alkyl halides is 1. The fraction of sp³-hybridized carbons (Fsp3) is 0.778. The summed E-state index contributed by atoms with van der Waals surface area (Å²) in [6.45, 7) is 4.18. The van der Waals surface area contributed by atoms with Crippen LogP contribution in [0.1, 0.15) is 20.3 Å². The highest BCUT2D eigenvalue weighted by Gasteiger charge is 2.11. The summed E-state index contributed by atoms with van der Waals surface area (Å²) in [6, 6.07) is 0. The second kappa shape index (κ2) is 6.81. The Kier molecular flexibility index (Phi) is 6.53. The molecule has 0 rings (SSSR count). The summed E-state index contributed by atoms with van der Waals surface area (Å²) in [5.74, 6) is -0.254. The van der Waals surface area contributed by atoms with E-state index in [4.69, 9.17) is 4.74 Å². The number of carbonyl (C=O) groups is 2. The van der Waals surface area contributed by atoms with Crippen LogP contribution in [0.5, 0.6) is 0 Å².